The van der Waals surface area contributed by atoms with E-state index in [4.69, 9.17) is 0 Å². The van der Waals surface area contributed by atoms with Gasteiger partial charge in [0, 0.05) is 40.5 Å². The quantitative estimate of drug-likeness (QED) is 0.452. The molecule has 0 radical (unpaired) electrons. The number of benzodiazepines with no additional fused rings is 1. The molecule has 23 heavy (non-hydrogen) atoms. The standard InChI is InChI=1S/C16H13BrFN3O2/c1-20-9-15(18)19-16(10-2-4-11(17)5-3-10)13-8-12(21(22)23)6-7-14(13)20/h2-8,15H,9H2,1H3. The summed E-state index contributed by atoms with van der Waals surface area (Å²) in [6.07, 6.45) is -1.40. The maximum atomic E-state index is 14.2. The molecule has 2 aromatic carbocycles. The van der Waals surface area contributed by atoms with Gasteiger partial charge in [-0.15, -0.1) is 0 Å². The molecule has 0 bridgehead atoms. The molecule has 1 atom stereocenters. The number of hydrogen-bond donors (Lipinski definition) is 0. The number of alkyl halides is 1. The number of anilines is 1. The summed E-state index contributed by atoms with van der Waals surface area (Å²) in [5, 5.41) is 11.1. The second kappa shape index (κ2) is 6.08. The monoisotopic (exact) mass is 377 g/mol. The van der Waals surface area contributed by atoms with Crippen LogP contribution >= 0.6 is 15.9 Å². The van der Waals surface area contributed by atoms with Gasteiger partial charge in [0.25, 0.3) is 5.69 Å². The Kier molecular flexibility index (Phi) is 4.12. The van der Waals surface area contributed by atoms with Crippen LogP contribution in [0.1, 0.15) is 11.1 Å². The van der Waals surface area contributed by atoms with E-state index in [1.165, 1.54) is 12.1 Å². The van der Waals surface area contributed by atoms with Gasteiger partial charge in [-0.2, -0.15) is 0 Å². The average Bonchev–Trinajstić information content (AvgIpc) is 2.64. The van der Waals surface area contributed by atoms with Gasteiger partial charge in [-0.25, -0.2) is 9.38 Å². The molecular weight excluding hydrogens is 365 g/mol. The molecule has 0 amide bonds. The van der Waals surface area contributed by atoms with E-state index >= 15 is 0 Å². The van der Waals surface area contributed by atoms with Crippen molar-refractivity contribution in [3.63, 3.8) is 0 Å². The molecule has 0 N–H and O–H groups in total. The zero-order valence-electron chi connectivity index (χ0n) is 12.2. The lowest BCUT2D eigenvalue weighted by Gasteiger charge is -2.19. The van der Waals surface area contributed by atoms with Crippen molar-refractivity contribution in [1.29, 1.82) is 0 Å². The molecule has 1 unspecified atom stereocenters. The summed E-state index contributed by atoms with van der Waals surface area (Å²) in [5.74, 6) is 0. The molecule has 1 heterocycles. The lowest BCUT2D eigenvalue weighted by molar-refractivity contribution is -0.384. The predicted molar refractivity (Wildman–Crippen MR) is 91.0 cm³/mol. The van der Waals surface area contributed by atoms with Crippen molar-refractivity contribution < 1.29 is 9.31 Å². The van der Waals surface area contributed by atoms with Gasteiger partial charge in [0.2, 0.25) is 6.30 Å². The summed E-state index contributed by atoms with van der Waals surface area (Å²) in [7, 11) is 1.75. The van der Waals surface area contributed by atoms with Crippen LogP contribution in [0.5, 0.6) is 0 Å². The van der Waals surface area contributed by atoms with E-state index in [1.54, 1.807) is 18.0 Å². The predicted octanol–water partition coefficient (Wildman–Crippen LogP) is 3.94. The second-order valence-electron chi connectivity index (χ2n) is 5.26. The molecule has 0 saturated carbocycles. The van der Waals surface area contributed by atoms with Gasteiger partial charge in [0.15, 0.2) is 0 Å². The van der Waals surface area contributed by atoms with Gasteiger partial charge in [-0.05, 0) is 18.2 Å². The molecule has 0 fully saturated rings. The Morgan fingerprint density at radius 2 is 2.00 bits per heavy atom. The fourth-order valence-corrected chi connectivity index (χ4v) is 2.84. The Morgan fingerprint density at radius 3 is 2.65 bits per heavy atom. The fraction of sp³-hybridized carbons (Fsp3) is 0.188. The van der Waals surface area contributed by atoms with Crippen LogP contribution in [0.2, 0.25) is 0 Å². The van der Waals surface area contributed by atoms with Crippen LogP contribution in [0, 0.1) is 10.1 Å². The molecule has 1 aliphatic rings. The molecule has 118 valence electrons. The topological polar surface area (TPSA) is 58.7 Å². The molecule has 0 aliphatic carbocycles. The first-order valence-corrected chi connectivity index (χ1v) is 7.73. The van der Waals surface area contributed by atoms with Crippen LogP contribution in [-0.2, 0) is 0 Å². The van der Waals surface area contributed by atoms with Crippen LogP contribution in [0.15, 0.2) is 51.9 Å². The molecular formula is C16H13BrFN3O2. The van der Waals surface area contributed by atoms with Crippen molar-refractivity contribution in [2.45, 2.75) is 6.30 Å². The van der Waals surface area contributed by atoms with E-state index in [0.29, 0.717) is 16.8 Å². The van der Waals surface area contributed by atoms with E-state index in [9.17, 15) is 14.5 Å². The third-order valence-electron chi connectivity index (χ3n) is 3.67. The van der Waals surface area contributed by atoms with E-state index in [0.717, 1.165) is 10.2 Å². The molecule has 7 heteroatoms. The normalized spacial score (nSPS) is 17.3. The first-order valence-electron chi connectivity index (χ1n) is 6.93. The molecule has 0 spiro atoms. The van der Waals surface area contributed by atoms with Gasteiger partial charge >= 0.3 is 0 Å². The SMILES string of the molecule is CN1CC(F)N=C(c2ccc(Br)cc2)c2cc([N+](=O)[O-])ccc21. The highest BCUT2D eigenvalue weighted by Crippen LogP contribution is 2.30. The first kappa shape index (κ1) is 15.6. The molecule has 2 aromatic rings. The number of nitro benzene ring substituents is 1. The Labute approximate surface area is 140 Å². The molecule has 1 aliphatic heterocycles. The van der Waals surface area contributed by atoms with Crippen molar-refractivity contribution in [2.75, 3.05) is 18.5 Å². The van der Waals surface area contributed by atoms with Gasteiger partial charge < -0.3 is 4.90 Å². The van der Waals surface area contributed by atoms with E-state index in [1.807, 2.05) is 24.3 Å². The summed E-state index contributed by atoms with van der Waals surface area (Å²) < 4.78 is 15.1. The first-order chi connectivity index (χ1) is 11.0. The lowest BCUT2D eigenvalue weighted by atomic mass is 9.99. The number of nitro groups is 1. The summed E-state index contributed by atoms with van der Waals surface area (Å²) >= 11 is 3.36. The minimum absolute atomic E-state index is 0.0423. The van der Waals surface area contributed by atoms with Crippen LogP contribution in [0.25, 0.3) is 0 Å². The molecule has 5 nitrogen and oxygen atoms in total. The maximum Gasteiger partial charge on any atom is 0.270 e. The Morgan fingerprint density at radius 1 is 1.30 bits per heavy atom. The molecule has 0 aromatic heterocycles. The number of fused-ring (bicyclic) bond motifs is 1. The van der Waals surface area contributed by atoms with Crippen LogP contribution < -0.4 is 4.90 Å². The third kappa shape index (κ3) is 3.10. The number of non-ortho nitro benzene ring substituents is 1. The smallest absolute Gasteiger partial charge is 0.270 e. The van der Waals surface area contributed by atoms with Crippen LogP contribution in [0.3, 0.4) is 0 Å². The third-order valence-corrected chi connectivity index (χ3v) is 4.20. The minimum atomic E-state index is -1.40. The zero-order chi connectivity index (χ0) is 16.6. The maximum absolute atomic E-state index is 14.2. The average molecular weight is 378 g/mol. The summed E-state index contributed by atoms with van der Waals surface area (Å²) in [6.45, 7) is 0.102. The lowest BCUT2D eigenvalue weighted by Crippen LogP contribution is -2.24. The highest BCUT2D eigenvalue weighted by molar-refractivity contribution is 9.10. The van der Waals surface area contributed by atoms with Gasteiger partial charge in [0.1, 0.15) is 0 Å². The van der Waals surface area contributed by atoms with Crippen molar-refractivity contribution in [3.05, 3.63) is 68.2 Å². The number of benzene rings is 2. The second-order valence-corrected chi connectivity index (χ2v) is 6.17. The van der Waals surface area contributed by atoms with Crippen molar-refractivity contribution in [3.8, 4) is 0 Å². The van der Waals surface area contributed by atoms with E-state index in [2.05, 4.69) is 20.9 Å². The Balaban J connectivity index is 2.21. The molecule has 3 rings (SSSR count). The zero-order valence-corrected chi connectivity index (χ0v) is 13.8. The fourth-order valence-electron chi connectivity index (χ4n) is 2.57. The van der Waals surface area contributed by atoms with Crippen LogP contribution in [-0.4, -0.2) is 30.5 Å². The summed E-state index contributed by atoms with van der Waals surface area (Å²) in [5.41, 5.74) is 2.38. The van der Waals surface area contributed by atoms with E-state index < -0.39 is 11.2 Å². The summed E-state index contributed by atoms with van der Waals surface area (Å²) in [4.78, 5) is 16.5. The van der Waals surface area contributed by atoms with Gasteiger partial charge in [0.05, 0.1) is 17.2 Å². The van der Waals surface area contributed by atoms with Crippen molar-refractivity contribution >= 4 is 33.0 Å². The Bertz CT molecular complexity index is 792. The number of nitrogens with zero attached hydrogens (tertiary/aromatic N) is 3. The van der Waals surface area contributed by atoms with Gasteiger partial charge in [-0.3, -0.25) is 10.1 Å². The van der Waals surface area contributed by atoms with Crippen molar-refractivity contribution in [1.82, 2.24) is 0 Å². The highest BCUT2D eigenvalue weighted by Gasteiger charge is 2.24. The van der Waals surface area contributed by atoms with Crippen molar-refractivity contribution in [2.24, 2.45) is 4.99 Å². The minimum Gasteiger partial charge on any atom is -0.369 e. The largest absolute Gasteiger partial charge is 0.369 e. The number of rotatable bonds is 2. The van der Waals surface area contributed by atoms with Gasteiger partial charge in [-0.1, -0.05) is 28.1 Å². The Hall–Kier alpha value is -2.28. The number of likely N-dealkylation sites (N-methyl/N-ethyl adjacent to an activating group) is 1. The number of hydrogen-bond acceptors (Lipinski definition) is 4. The highest BCUT2D eigenvalue weighted by atomic mass is 79.9. The summed E-state index contributed by atoms with van der Waals surface area (Å²) in [6, 6.07) is 11.8. The van der Waals surface area contributed by atoms with E-state index in [-0.39, 0.29) is 12.2 Å². The van der Waals surface area contributed by atoms with Crippen LogP contribution in [0.4, 0.5) is 15.8 Å². The molecule has 0 saturated heterocycles. The number of halogens is 2. The number of aliphatic imine (C=N–C) groups is 1.